The molecule has 0 saturated carbocycles. The van der Waals surface area contributed by atoms with Crippen LogP contribution in [0.15, 0.2) is 158 Å². The Morgan fingerprint density at radius 1 is 0.295 bits per heavy atom. The minimum Gasteiger partial charge on any atom is -0.311 e. The van der Waals surface area contributed by atoms with Gasteiger partial charge in [-0.3, -0.25) is 0 Å². The number of rotatable bonds is 9. The molecule has 0 aliphatic rings. The van der Waals surface area contributed by atoms with Crippen LogP contribution in [0.1, 0.15) is 50.7 Å². The van der Waals surface area contributed by atoms with Crippen LogP contribution >= 0.6 is 0 Å². The minimum atomic E-state index is 0.505. The fourth-order valence-electron chi connectivity index (χ4n) is 5.67. The smallest absolute Gasteiger partial charge is 0.0462 e. The highest BCUT2D eigenvalue weighted by molar-refractivity contribution is 5.80. The molecule has 0 radical (unpaired) electrons. The fraction of sp³-hybridized carbons (Fsp3) is 0.143. The van der Waals surface area contributed by atoms with Crippen molar-refractivity contribution in [3.8, 4) is 11.1 Å². The topological polar surface area (TPSA) is 6.48 Å². The lowest BCUT2D eigenvalue weighted by Gasteiger charge is -2.26. The Morgan fingerprint density at radius 3 is 0.818 bits per heavy atom. The highest BCUT2D eigenvalue weighted by Gasteiger charge is 2.15. The van der Waals surface area contributed by atoms with Crippen molar-refractivity contribution in [2.24, 2.45) is 0 Å². The van der Waals surface area contributed by atoms with Gasteiger partial charge in [-0.2, -0.15) is 0 Å². The summed E-state index contributed by atoms with van der Waals surface area (Å²) in [6.07, 6.45) is 0. The predicted octanol–water partition coefficient (Wildman–Crippen LogP) is 12.5. The predicted molar refractivity (Wildman–Crippen MR) is 189 cm³/mol. The van der Waals surface area contributed by atoms with Gasteiger partial charge in [0.05, 0.1) is 0 Å². The molecule has 0 aromatic heterocycles. The van der Waals surface area contributed by atoms with Crippen molar-refractivity contribution >= 4 is 34.1 Å². The summed E-state index contributed by atoms with van der Waals surface area (Å²) in [5, 5.41) is 0. The van der Waals surface area contributed by atoms with Crippen LogP contribution in [0.2, 0.25) is 0 Å². The van der Waals surface area contributed by atoms with Gasteiger partial charge in [0.15, 0.2) is 0 Å². The molecule has 2 nitrogen and oxygen atoms in total. The summed E-state index contributed by atoms with van der Waals surface area (Å²) >= 11 is 0. The van der Waals surface area contributed by atoms with Crippen molar-refractivity contribution in [2.45, 2.75) is 39.5 Å². The Hall–Kier alpha value is -5.08. The van der Waals surface area contributed by atoms with E-state index in [2.05, 4.69) is 195 Å². The summed E-state index contributed by atoms with van der Waals surface area (Å²) in [6.45, 7) is 8.94. The monoisotopic (exact) mass is 572 g/mol. The van der Waals surface area contributed by atoms with Crippen molar-refractivity contribution in [2.75, 3.05) is 9.80 Å². The zero-order valence-electron chi connectivity index (χ0n) is 26.1. The normalized spacial score (nSPS) is 11.1. The molecule has 218 valence electrons. The van der Waals surface area contributed by atoms with Gasteiger partial charge in [0.2, 0.25) is 0 Å². The van der Waals surface area contributed by atoms with Crippen LogP contribution in [0.4, 0.5) is 34.1 Å². The van der Waals surface area contributed by atoms with Gasteiger partial charge in [-0.15, -0.1) is 0 Å². The van der Waals surface area contributed by atoms with Gasteiger partial charge >= 0.3 is 0 Å². The summed E-state index contributed by atoms with van der Waals surface area (Å²) in [6, 6.07) is 56.8. The van der Waals surface area contributed by atoms with Crippen LogP contribution in [0.25, 0.3) is 11.1 Å². The second-order valence-corrected chi connectivity index (χ2v) is 11.9. The van der Waals surface area contributed by atoms with E-state index in [1.165, 1.54) is 22.3 Å². The summed E-state index contributed by atoms with van der Waals surface area (Å²) in [5.74, 6) is 1.01. The molecule has 6 rings (SSSR count). The molecule has 0 heterocycles. The van der Waals surface area contributed by atoms with E-state index in [1.807, 2.05) is 0 Å². The van der Waals surface area contributed by atoms with Gasteiger partial charge in [0, 0.05) is 34.1 Å². The molecule has 0 fully saturated rings. The van der Waals surface area contributed by atoms with Crippen molar-refractivity contribution in [3.63, 3.8) is 0 Å². The quantitative estimate of drug-likeness (QED) is 0.170. The molecule has 0 aliphatic carbocycles. The van der Waals surface area contributed by atoms with E-state index in [9.17, 15) is 0 Å². The molecule has 0 aliphatic heterocycles. The lowest BCUT2D eigenvalue weighted by atomic mass is 10.0. The molecule has 44 heavy (non-hydrogen) atoms. The second-order valence-electron chi connectivity index (χ2n) is 11.9. The SMILES string of the molecule is CC(C)c1ccc(N(c2ccccc2)c2ccc(-c3ccc(N(c4ccccc4)c4ccc(C(C)C)cc4)cc3)cc2)cc1. The third-order valence-electron chi connectivity index (χ3n) is 8.25. The first-order valence-electron chi connectivity index (χ1n) is 15.6. The van der Waals surface area contributed by atoms with Gasteiger partial charge in [-0.25, -0.2) is 0 Å². The Kier molecular flexibility index (Phi) is 8.61. The zero-order valence-corrected chi connectivity index (χ0v) is 26.1. The van der Waals surface area contributed by atoms with Gasteiger partial charge in [0.1, 0.15) is 0 Å². The maximum atomic E-state index is 2.32. The molecule has 0 bridgehead atoms. The first kappa shape index (κ1) is 29.0. The van der Waals surface area contributed by atoms with Crippen molar-refractivity contribution < 1.29 is 0 Å². The van der Waals surface area contributed by atoms with Crippen molar-refractivity contribution in [3.05, 3.63) is 169 Å². The maximum absolute atomic E-state index is 2.32. The number of hydrogen-bond acceptors (Lipinski definition) is 2. The van der Waals surface area contributed by atoms with Crippen LogP contribution < -0.4 is 9.80 Å². The molecule has 0 saturated heterocycles. The standard InChI is InChI=1S/C42H40N2/c1-31(2)33-15-23-39(24-16-33)43(37-11-7-5-8-12-37)41-27-19-35(20-28-41)36-21-29-42(30-22-36)44(38-13-9-6-10-14-38)40-25-17-34(18-26-40)32(3)4/h5-32H,1-4H3. The van der Waals surface area contributed by atoms with Gasteiger partial charge in [-0.1, -0.05) is 113 Å². The number of nitrogens with zero attached hydrogens (tertiary/aromatic N) is 2. The first-order chi connectivity index (χ1) is 21.5. The number of para-hydroxylation sites is 2. The molecule has 0 unspecified atom stereocenters. The van der Waals surface area contributed by atoms with E-state index in [4.69, 9.17) is 0 Å². The molecule has 0 amide bonds. The average molecular weight is 573 g/mol. The molecule has 6 aromatic carbocycles. The average Bonchev–Trinajstić information content (AvgIpc) is 3.07. The molecule has 0 spiro atoms. The lowest BCUT2D eigenvalue weighted by Crippen LogP contribution is -2.10. The molecule has 0 atom stereocenters. The zero-order chi connectivity index (χ0) is 30.5. The maximum Gasteiger partial charge on any atom is 0.0462 e. The third kappa shape index (κ3) is 6.31. The van der Waals surface area contributed by atoms with E-state index >= 15 is 0 Å². The lowest BCUT2D eigenvalue weighted by molar-refractivity contribution is 0.866. The number of benzene rings is 6. The minimum absolute atomic E-state index is 0.505. The van der Waals surface area contributed by atoms with Gasteiger partial charge < -0.3 is 9.80 Å². The van der Waals surface area contributed by atoms with E-state index < -0.39 is 0 Å². The molecule has 0 N–H and O–H groups in total. The Morgan fingerprint density at radius 2 is 0.545 bits per heavy atom. The third-order valence-corrected chi connectivity index (χ3v) is 8.25. The Balaban J connectivity index is 1.30. The molecular weight excluding hydrogens is 532 g/mol. The van der Waals surface area contributed by atoms with Crippen LogP contribution in [0, 0.1) is 0 Å². The molecule has 6 aromatic rings. The summed E-state index contributed by atoms with van der Waals surface area (Å²) in [7, 11) is 0. The number of hydrogen-bond donors (Lipinski definition) is 0. The molecular formula is C42H40N2. The van der Waals surface area contributed by atoms with Gasteiger partial charge in [-0.05, 0) is 107 Å². The molecule has 2 heteroatoms. The largest absolute Gasteiger partial charge is 0.311 e. The Bertz CT molecular complexity index is 1620. The summed E-state index contributed by atoms with van der Waals surface area (Å²) < 4.78 is 0. The summed E-state index contributed by atoms with van der Waals surface area (Å²) in [5.41, 5.74) is 11.9. The number of anilines is 6. The van der Waals surface area contributed by atoms with E-state index in [1.54, 1.807) is 0 Å². The van der Waals surface area contributed by atoms with E-state index in [0.717, 1.165) is 34.1 Å². The van der Waals surface area contributed by atoms with Crippen LogP contribution in [-0.2, 0) is 0 Å². The van der Waals surface area contributed by atoms with Gasteiger partial charge in [0.25, 0.3) is 0 Å². The highest BCUT2D eigenvalue weighted by Crippen LogP contribution is 2.38. The summed E-state index contributed by atoms with van der Waals surface area (Å²) in [4.78, 5) is 4.64. The highest BCUT2D eigenvalue weighted by atomic mass is 15.1. The van der Waals surface area contributed by atoms with Crippen LogP contribution in [-0.4, -0.2) is 0 Å². The van der Waals surface area contributed by atoms with E-state index in [0.29, 0.717) is 11.8 Å². The van der Waals surface area contributed by atoms with E-state index in [-0.39, 0.29) is 0 Å². The Labute approximate surface area is 262 Å². The fourth-order valence-corrected chi connectivity index (χ4v) is 5.67. The van der Waals surface area contributed by atoms with Crippen molar-refractivity contribution in [1.29, 1.82) is 0 Å². The first-order valence-corrected chi connectivity index (χ1v) is 15.6. The van der Waals surface area contributed by atoms with Crippen molar-refractivity contribution in [1.82, 2.24) is 0 Å². The second kappa shape index (κ2) is 13.1. The van der Waals surface area contributed by atoms with Crippen LogP contribution in [0.3, 0.4) is 0 Å². The van der Waals surface area contributed by atoms with Crippen LogP contribution in [0.5, 0.6) is 0 Å².